The zero-order valence-corrected chi connectivity index (χ0v) is 16.0. The number of aromatic nitrogens is 2. The van der Waals surface area contributed by atoms with Crippen molar-refractivity contribution in [3.8, 4) is 0 Å². The highest BCUT2D eigenvalue weighted by Gasteiger charge is 2.13. The van der Waals surface area contributed by atoms with Gasteiger partial charge in [0.15, 0.2) is 0 Å². The molecule has 140 valence electrons. The van der Waals surface area contributed by atoms with Crippen LogP contribution in [-0.4, -0.2) is 15.5 Å². The third kappa shape index (κ3) is 4.61. The molecule has 0 unspecified atom stereocenters. The maximum atomic E-state index is 12.5. The third-order valence-electron chi connectivity index (χ3n) is 4.56. The topological polar surface area (TPSA) is 64.0 Å². The van der Waals surface area contributed by atoms with Gasteiger partial charge in [-0.15, -0.1) is 0 Å². The number of benzene rings is 2. The number of carbonyl (C=O) groups is 1. The van der Waals surface area contributed by atoms with Gasteiger partial charge in [0.25, 0.3) is 5.56 Å². The fraction of sp³-hybridized carbons (Fsp3) is 0.318. The van der Waals surface area contributed by atoms with Gasteiger partial charge in [-0.3, -0.25) is 14.2 Å². The van der Waals surface area contributed by atoms with Crippen molar-refractivity contribution in [2.24, 2.45) is 5.92 Å². The first-order valence-corrected chi connectivity index (χ1v) is 9.27. The lowest BCUT2D eigenvalue weighted by molar-refractivity contribution is -0.122. The summed E-state index contributed by atoms with van der Waals surface area (Å²) in [6.07, 6.45) is 2.30. The van der Waals surface area contributed by atoms with Gasteiger partial charge in [0.05, 0.1) is 23.3 Å². The van der Waals surface area contributed by atoms with E-state index >= 15 is 0 Å². The lowest BCUT2D eigenvalue weighted by atomic mass is 10.00. The van der Waals surface area contributed by atoms with E-state index in [9.17, 15) is 9.59 Å². The lowest BCUT2D eigenvalue weighted by Gasteiger charge is -2.16. The zero-order valence-electron chi connectivity index (χ0n) is 16.0. The van der Waals surface area contributed by atoms with E-state index in [-0.39, 0.29) is 24.1 Å². The van der Waals surface area contributed by atoms with Gasteiger partial charge < -0.3 is 5.32 Å². The van der Waals surface area contributed by atoms with E-state index in [0.29, 0.717) is 17.0 Å². The Morgan fingerprint density at radius 3 is 2.48 bits per heavy atom. The summed E-state index contributed by atoms with van der Waals surface area (Å²) >= 11 is 0. The molecular weight excluding hydrogens is 338 g/mol. The lowest BCUT2D eigenvalue weighted by Crippen LogP contribution is -2.34. The molecule has 1 N–H and O–H groups in total. The van der Waals surface area contributed by atoms with Crippen LogP contribution in [-0.2, 0) is 17.8 Å². The summed E-state index contributed by atoms with van der Waals surface area (Å²) in [4.78, 5) is 28.8. The Balaban J connectivity index is 1.71. The number of nitrogens with one attached hydrogen (secondary N) is 1. The first-order chi connectivity index (χ1) is 12.9. The zero-order chi connectivity index (χ0) is 19.4. The molecule has 0 aliphatic heterocycles. The summed E-state index contributed by atoms with van der Waals surface area (Å²) in [6.45, 7) is 6.31. The van der Waals surface area contributed by atoms with Gasteiger partial charge in [0.2, 0.25) is 5.91 Å². The highest BCUT2D eigenvalue weighted by Crippen LogP contribution is 2.16. The van der Waals surface area contributed by atoms with Crippen LogP contribution in [0.15, 0.2) is 59.5 Å². The van der Waals surface area contributed by atoms with E-state index in [4.69, 9.17) is 0 Å². The maximum Gasteiger partial charge on any atom is 0.269 e. The molecule has 3 rings (SSSR count). The van der Waals surface area contributed by atoms with Crippen LogP contribution < -0.4 is 10.9 Å². The molecule has 1 amide bonds. The van der Waals surface area contributed by atoms with E-state index in [2.05, 4.69) is 48.4 Å². The van der Waals surface area contributed by atoms with Crippen molar-refractivity contribution in [2.75, 3.05) is 0 Å². The van der Waals surface area contributed by atoms with Gasteiger partial charge >= 0.3 is 0 Å². The van der Waals surface area contributed by atoms with Gasteiger partial charge in [-0.1, -0.05) is 50.2 Å². The van der Waals surface area contributed by atoms with Crippen LogP contribution in [0.4, 0.5) is 0 Å². The average molecular weight is 363 g/mol. The van der Waals surface area contributed by atoms with Crippen LogP contribution in [0.1, 0.15) is 37.9 Å². The van der Waals surface area contributed by atoms with E-state index in [1.807, 2.05) is 25.1 Å². The second kappa shape index (κ2) is 8.16. The van der Waals surface area contributed by atoms with Crippen molar-refractivity contribution in [1.82, 2.24) is 14.9 Å². The molecular formula is C22H25N3O2. The van der Waals surface area contributed by atoms with Gasteiger partial charge in [0.1, 0.15) is 6.54 Å². The Morgan fingerprint density at radius 1 is 1.07 bits per heavy atom. The molecule has 27 heavy (non-hydrogen) atoms. The largest absolute Gasteiger partial charge is 0.348 e. The van der Waals surface area contributed by atoms with Crippen molar-refractivity contribution in [3.63, 3.8) is 0 Å². The molecule has 0 bridgehead atoms. The highest BCUT2D eigenvalue weighted by atomic mass is 16.2. The van der Waals surface area contributed by atoms with Crippen molar-refractivity contribution in [3.05, 3.63) is 76.2 Å². The summed E-state index contributed by atoms with van der Waals surface area (Å²) in [6, 6.07) is 15.5. The predicted molar refractivity (Wildman–Crippen MR) is 108 cm³/mol. The summed E-state index contributed by atoms with van der Waals surface area (Å²) in [5.74, 6) is 0.411. The Labute approximate surface area is 159 Å². The smallest absolute Gasteiger partial charge is 0.269 e. The predicted octanol–water partition coefficient (Wildman–Crippen LogP) is 3.47. The van der Waals surface area contributed by atoms with Crippen LogP contribution in [0.25, 0.3) is 11.0 Å². The highest BCUT2D eigenvalue weighted by molar-refractivity contribution is 5.80. The van der Waals surface area contributed by atoms with Gasteiger partial charge in [0, 0.05) is 0 Å². The van der Waals surface area contributed by atoms with Crippen LogP contribution in [0.5, 0.6) is 0 Å². The molecule has 1 aromatic heterocycles. The number of amides is 1. The third-order valence-corrected chi connectivity index (χ3v) is 4.56. The molecule has 0 saturated heterocycles. The minimum Gasteiger partial charge on any atom is -0.348 e. The van der Waals surface area contributed by atoms with Crippen LogP contribution in [0.2, 0.25) is 0 Å². The van der Waals surface area contributed by atoms with Crippen LogP contribution in [0.3, 0.4) is 0 Å². The molecule has 1 atom stereocenters. The second-order valence-corrected chi connectivity index (χ2v) is 7.30. The SMILES string of the molecule is CC(C)Cc1ccc([C@@H](C)NC(=O)Cn2c(=O)cnc3ccccc32)cc1. The molecule has 5 heteroatoms. The van der Waals surface area contributed by atoms with Crippen LogP contribution in [0, 0.1) is 5.92 Å². The number of hydrogen-bond acceptors (Lipinski definition) is 3. The second-order valence-electron chi connectivity index (χ2n) is 7.30. The van der Waals surface area contributed by atoms with E-state index in [0.717, 1.165) is 12.0 Å². The Morgan fingerprint density at radius 2 is 1.78 bits per heavy atom. The number of nitrogens with zero attached hydrogens (tertiary/aromatic N) is 2. The summed E-state index contributed by atoms with van der Waals surface area (Å²) < 4.78 is 1.45. The standard InChI is InChI=1S/C22H25N3O2/c1-15(2)12-17-8-10-18(11-9-17)16(3)24-21(26)14-25-20-7-5-4-6-19(20)23-13-22(25)27/h4-11,13,15-16H,12,14H2,1-3H3,(H,24,26)/t16-/m1/s1. The van der Waals surface area contributed by atoms with Crippen molar-refractivity contribution in [1.29, 1.82) is 0 Å². The average Bonchev–Trinajstić information content (AvgIpc) is 2.64. The minimum atomic E-state index is -0.283. The number of rotatable bonds is 6. The molecule has 5 nitrogen and oxygen atoms in total. The van der Waals surface area contributed by atoms with Gasteiger partial charge in [-0.2, -0.15) is 0 Å². The molecule has 1 heterocycles. The number of fused-ring (bicyclic) bond motifs is 1. The normalized spacial score (nSPS) is 12.3. The van der Waals surface area contributed by atoms with Crippen molar-refractivity contribution >= 4 is 16.9 Å². The molecule has 2 aromatic carbocycles. The Hall–Kier alpha value is -2.95. The van der Waals surface area contributed by atoms with Crippen molar-refractivity contribution in [2.45, 2.75) is 39.8 Å². The fourth-order valence-corrected chi connectivity index (χ4v) is 3.21. The first kappa shape index (κ1) is 18.8. The van der Waals surface area contributed by atoms with E-state index in [1.165, 1.54) is 16.3 Å². The van der Waals surface area contributed by atoms with Gasteiger partial charge in [-0.05, 0) is 42.5 Å². The monoisotopic (exact) mass is 363 g/mol. The summed E-state index contributed by atoms with van der Waals surface area (Å²) in [5, 5.41) is 2.98. The molecule has 0 fully saturated rings. The summed E-state index contributed by atoms with van der Waals surface area (Å²) in [5.41, 5.74) is 3.41. The molecule has 0 radical (unpaired) electrons. The van der Waals surface area contributed by atoms with Crippen LogP contribution >= 0.6 is 0 Å². The Bertz CT molecular complexity index is 990. The fourth-order valence-electron chi connectivity index (χ4n) is 3.21. The number of hydrogen-bond donors (Lipinski definition) is 1. The van der Waals surface area contributed by atoms with Gasteiger partial charge in [-0.25, -0.2) is 4.98 Å². The van der Waals surface area contributed by atoms with Crippen molar-refractivity contribution < 1.29 is 4.79 Å². The van der Waals surface area contributed by atoms with E-state index in [1.54, 1.807) is 6.07 Å². The summed E-state index contributed by atoms with van der Waals surface area (Å²) in [7, 11) is 0. The molecule has 0 aliphatic carbocycles. The minimum absolute atomic E-state index is 0.0301. The maximum absolute atomic E-state index is 12.5. The molecule has 0 aliphatic rings. The quantitative estimate of drug-likeness (QED) is 0.729. The molecule has 3 aromatic rings. The van der Waals surface area contributed by atoms with E-state index < -0.39 is 0 Å². The number of carbonyl (C=O) groups excluding carboxylic acids is 1. The number of para-hydroxylation sites is 2. The molecule has 0 spiro atoms. The Kier molecular flexibility index (Phi) is 5.69. The first-order valence-electron chi connectivity index (χ1n) is 9.27. The molecule has 0 saturated carbocycles.